The molecule has 0 amide bonds. The molecule has 0 unspecified atom stereocenters. The van der Waals surface area contributed by atoms with Gasteiger partial charge in [-0.25, -0.2) is 4.98 Å². The van der Waals surface area contributed by atoms with E-state index in [1.807, 2.05) is 37.3 Å². The first-order valence-corrected chi connectivity index (χ1v) is 5.90. The lowest BCUT2D eigenvalue weighted by Crippen LogP contribution is -1.80. The molecular formula is C11H10ClNOS. The molecule has 0 spiro atoms. The van der Waals surface area contributed by atoms with Gasteiger partial charge in [-0.05, 0) is 12.1 Å². The van der Waals surface area contributed by atoms with Crippen LogP contribution < -0.4 is 0 Å². The van der Waals surface area contributed by atoms with E-state index >= 15 is 0 Å². The van der Waals surface area contributed by atoms with Crippen LogP contribution in [-0.2, 0) is 5.88 Å². The van der Waals surface area contributed by atoms with Gasteiger partial charge in [0.1, 0.15) is 5.69 Å². The average Bonchev–Trinajstić information content (AvgIpc) is 2.60. The molecule has 0 aliphatic heterocycles. The van der Waals surface area contributed by atoms with Gasteiger partial charge in [-0.3, -0.25) is 0 Å². The van der Waals surface area contributed by atoms with E-state index in [0.717, 1.165) is 15.7 Å². The third-order valence-electron chi connectivity index (χ3n) is 1.85. The Labute approximate surface area is 97.7 Å². The van der Waals surface area contributed by atoms with E-state index in [4.69, 9.17) is 16.0 Å². The molecule has 0 saturated heterocycles. The van der Waals surface area contributed by atoms with Crippen LogP contribution in [0, 0.1) is 6.92 Å². The maximum atomic E-state index is 5.78. The molecule has 4 heteroatoms. The second kappa shape index (κ2) is 4.73. The molecule has 0 aliphatic carbocycles. The molecule has 1 aromatic heterocycles. The van der Waals surface area contributed by atoms with Crippen molar-refractivity contribution in [2.75, 3.05) is 0 Å². The van der Waals surface area contributed by atoms with Gasteiger partial charge in [-0.1, -0.05) is 30.0 Å². The molecule has 0 radical (unpaired) electrons. The predicted octanol–water partition coefficient (Wildman–Crippen LogP) is 3.87. The first kappa shape index (κ1) is 10.6. The number of oxazole rings is 1. The fourth-order valence-electron chi connectivity index (χ4n) is 1.21. The van der Waals surface area contributed by atoms with Gasteiger partial charge in [-0.2, -0.15) is 0 Å². The van der Waals surface area contributed by atoms with Gasteiger partial charge in [0.15, 0.2) is 11.0 Å². The molecule has 0 atom stereocenters. The summed E-state index contributed by atoms with van der Waals surface area (Å²) in [6.45, 7) is 1.82. The van der Waals surface area contributed by atoms with Crippen molar-refractivity contribution in [1.29, 1.82) is 0 Å². The number of nitrogens with zero attached hydrogens (tertiary/aromatic N) is 1. The van der Waals surface area contributed by atoms with Crippen molar-refractivity contribution < 1.29 is 4.42 Å². The van der Waals surface area contributed by atoms with E-state index in [0.29, 0.717) is 11.8 Å². The number of aryl methyl sites for hydroxylation is 1. The highest BCUT2D eigenvalue weighted by Crippen LogP contribution is 2.31. The smallest absolute Gasteiger partial charge is 0.192 e. The number of halogens is 1. The van der Waals surface area contributed by atoms with Crippen LogP contribution in [0.1, 0.15) is 11.6 Å². The zero-order chi connectivity index (χ0) is 10.7. The number of aromatic nitrogens is 1. The lowest BCUT2D eigenvalue weighted by molar-refractivity contribution is 0.439. The summed E-state index contributed by atoms with van der Waals surface area (Å²) < 4.78 is 5.48. The molecule has 2 aromatic rings. The lowest BCUT2D eigenvalue weighted by Gasteiger charge is -1.97. The Morgan fingerprint density at radius 3 is 2.73 bits per heavy atom. The van der Waals surface area contributed by atoms with Crippen LogP contribution in [0.3, 0.4) is 0 Å². The largest absolute Gasteiger partial charge is 0.434 e. The molecule has 1 heterocycles. The molecule has 0 saturated carbocycles. The van der Waals surface area contributed by atoms with Gasteiger partial charge in [0.25, 0.3) is 0 Å². The average molecular weight is 240 g/mol. The fraction of sp³-hybridized carbons (Fsp3) is 0.182. The minimum Gasteiger partial charge on any atom is -0.434 e. The van der Waals surface area contributed by atoms with E-state index in [-0.39, 0.29) is 0 Å². The summed E-state index contributed by atoms with van der Waals surface area (Å²) in [4.78, 5) is 5.33. The molecular weight excluding hydrogens is 230 g/mol. The second-order valence-electron chi connectivity index (χ2n) is 3.02. The number of hydrogen-bond acceptors (Lipinski definition) is 3. The van der Waals surface area contributed by atoms with Crippen molar-refractivity contribution >= 4 is 23.4 Å². The summed E-state index contributed by atoms with van der Waals surface area (Å²) >= 11 is 7.32. The molecule has 0 fully saturated rings. The summed E-state index contributed by atoms with van der Waals surface area (Å²) in [7, 11) is 0. The van der Waals surface area contributed by atoms with Crippen LogP contribution in [0.2, 0.25) is 0 Å². The fourth-order valence-corrected chi connectivity index (χ4v) is 2.38. The number of alkyl halides is 1. The number of rotatable bonds is 3. The van der Waals surface area contributed by atoms with Gasteiger partial charge < -0.3 is 4.42 Å². The lowest BCUT2D eigenvalue weighted by atomic mass is 10.4. The Hall–Kier alpha value is -0.930. The summed E-state index contributed by atoms with van der Waals surface area (Å²) in [6.07, 6.45) is 0. The monoisotopic (exact) mass is 239 g/mol. The van der Waals surface area contributed by atoms with Gasteiger partial charge in [0.05, 0.1) is 5.88 Å². The molecule has 0 bridgehead atoms. The topological polar surface area (TPSA) is 26.0 Å². The zero-order valence-corrected chi connectivity index (χ0v) is 9.81. The zero-order valence-electron chi connectivity index (χ0n) is 8.24. The summed E-state index contributed by atoms with van der Waals surface area (Å²) in [5.74, 6) is 1.04. The first-order chi connectivity index (χ1) is 7.29. The molecule has 78 valence electrons. The van der Waals surface area contributed by atoms with Crippen LogP contribution in [0.25, 0.3) is 0 Å². The number of hydrogen-bond donors (Lipinski definition) is 0. The Bertz CT molecular complexity index is 441. The first-order valence-electron chi connectivity index (χ1n) is 4.55. The number of benzene rings is 1. The summed E-state index contributed by atoms with van der Waals surface area (Å²) in [6, 6.07) is 10.0. The SMILES string of the molecule is Cc1nc(CCl)c(Sc2ccccc2)o1. The summed E-state index contributed by atoms with van der Waals surface area (Å²) in [5.41, 5.74) is 0.808. The van der Waals surface area contributed by atoms with Crippen molar-refractivity contribution in [2.24, 2.45) is 0 Å². The molecule has 2 nitrogen and oxygen atoms in total. The Morgan fingerprint density at radius 1 is 1.33 bits per heavy atom. The third kappa shape index (κ3) is 2.55. The van der Waals surface area contributed by atoms with Crippen LogP contribution in [-0.4, -0.2) is 4.98 Å². The standard InChI is InChI=1S/C11H10ClNOS/c1-8-13-10(7-12)11(14-8)15-9-5-3-2-4-6-9/h2-6H,7H2,1H3. The highest BCUT2D eigenvalue weighted by Gasteiger charge is 2.11. The second-order valence-corrected chi connectivity index (χ2v) is 4.33. The van der Waals surface area contributed by atoms with Gasteiger partial charge in [0, 0.05) is 11.8 Å². The Kier molecular flexibility index (Phi) is 3.34. The van der Waals surface area contributed by atoms with E-state index < -0.39 is 0 Å². The van der Waals surface area contributed by atoms with E-state index in [1.54, 1.807) is 11.8 Å². The Morgan fingerprint density at radius 2 is 2.07 bits per heavy atom. The van der Waals surface area contributed by atoms with E-state index in [9.17, 15) is 0 Å². The van der Waals surface area contributed by atoms with Crippen LogP contribution in [0.5, 0.6) is 0 Å². The molecule has 2 rings (SSSR count). The maximum absolute atomic E-state index is 5.78. The molecule has 15 heavy (non-hydrogen) atoms. The van der Waals surface area contributed by atoms with Gasteiger partial charge >= 0.3 is 0 Å². The molecule has 0 N–H and O–H groups in total. The third-order valence-corrected chi connectivity index (χ3v) is 3.11. The highest BCUT2D eigenvalue weighted by atomic mass is 35.5. The van der Waals surface area contributed by atoms with E-state index in [2.05, 4.69) is 4.98 Å². The van der Waals surface area contributed by atoms with Crippen molar-refractivity contribution in [1.82, 2.24) is 4.98 Å². The van der Waals surface area contributed by atoms with Crippen molar-refractivity contribution in [3.63, 3.8) is 0 Å². The van der Waals surface area contributed by atoms with Crippen LogP contribution in [0.15, 0.2) is 44.7 Å². The minimum absolute atomic E-state index is 0.381. The molecule has 0 aliphatic rings. The summed E-state index contributed by atoms with van der Waals surface area (Å²) in [5, 5.41) is 0.786. The predicted molar refractivity (Wildman–Crippen MR) is 61.4 cm³/mol. The van der Waals surface area contributed by atoms with Crippen molar-refractivity contribution in [3.8, 4) is 0 Å². The molecule has 1 aromatic carbocycles. The highest BCUT2D eigenvalue weighted by molar-refractivity contribution is 7.99. The maximum Gasteiger partial charge on any atom is 0.192 e. The van der Waals surface area contributed by atoms with Crippen LogP contribution in [0.4, 0.5) is 0 Å². The van der Waals surface area contributed by atoms with E-state index in [1.165, 1.54) is 0 Å². The van der Waals surface area contributed by atoms with Crippen molar-refractivity contribution in [3.05, 3.63) is 41.9 Å². The van der Waals surface area contributed by atoms with Crippen molar-refractivity contribution in [2.45, 2.75) is 22.8 Å². The minimum atomic E-state index is 0.381. The normalized spacial score (nSPS) is 10.5. The Balaban J connectivity index is 2.24. The quantitative estimate of drug-likeness (QED) is 0.761. The van der Waals surface area contributed by atoms with Gasteiger partial charge in [-0.15, -0.1) is 11.6 Å². The van der Waals surface area contributed by atoms with Gasteiger partial charge in [0.2, 0.25) is 0 Å². The van der Waals surface area contributed by atoms with Crippen LogP contribution >= 0.6 is 23.4 Å².